The molecule has 0 spiro atoms. The van der Waals surface area contributed by atoms with E-state index in [0.717, 1.165) is 19.4 Å². The summed E-state index contributed by atoms with van der Waals surface area (Å²) < 4.78 is 0. The molecule has 1 saturated heterocycles. The maximum Gasteiger partial charge on any atom is 0.353 e. The number of rotatable bonds is 3. The van der Waals surface area contributed by atoms with Gasteiger partial charge in [0.25, 0.3) is 0 Å². The first-order valence-corrected chi connectivity index (χ1v) is 5.59. The van der Waals surface area contributed by atoms with Crippen molar-refractivity contribution in [3.63, 3.8) is 0 Å². The topological polar surface area (TPSA) is 84.2 Å². The first kappa shape index (κ1) is 11.6. The third-order valence-electron chi connectivity index (χ3n) is 3.05. The molecule has 7 heteroatoms. The lowest BCUT2D eigenvalue weighted by Crippen LogP contribution is -2.28. The average Bonchev–Trinajstić information content (AvgIpc) is 2.74. The lowest BCUT2D eigenvalue weighted by atomic mass is 10.2. The van der Waals surface area contributed by atoms with Crippen LogP contribution in [0.15, 0.2) is 6.33 Å². The van der Waals surface area contributed by atoms with Crippen molar-refractivity contribution in [2.75, 3.05) is 23.8 Å². The Morgan fingerprint density at radius 2 is 2.35 bits per heavy atom. The third kappa shape index (κ3) is 2.00. The highest BCUT2D eigenvalue weighted by Gasteiger charge is 2.31. The van der Waals surface area contributed by atoms with Crippen molar-refractivity contribution in [1.82, 2.24) is 9.97 Å². The van der Waals surface area contributed by atoms with Crippen molar-refractivity contribution in [2.45, 2.75) is 25.8 Å². The van der Waals surface area contributed by atoms with Crippen molar-refractivity contribution < 1.29 is 4.92 Å². The molecule has 2 heterocycles. The van der Waals surface area contributed by atoms with Crippen LogP contribution < -0.4 is 10.2 Å². The Morgan fingerprint density at radius 1 is 1.59 bits per heavy atom. The first-order valence-electron chi connectivity index (χ1n) is 5.59. The lowest BCUT2D eigenvalue weighted by molar-refractivity contribution is -0.383. The van der Waals surface area contributed by atoms with Gasteiger partial charge in [0.15, 0.2) is 0 Å². The van der Waals surface area contributed by atoms with E-state index < -0.39 is 4.92 Å². The van der Waals surface area contributed by atoms with Crippen molar-refractivity contribution >= 4 is 17.3 Å². The standard InChI is InChI=1S/C10H15N5O2/c1-7-4-3-5-14(7)10-8(15(16)17)9(11-2)12-6-13-10/h6-7H,3-5H2,1-2H3,(H,11,12,13). The molecule has 1 fully saturated rings. The molecule has 1 N–H and O–H groups in total. The Labute approximate surface area is 99.0 Å². The summed E-state index contributed by atoms with van der Waals surface area (Å²) in [7, 11) is 1.62. The number of nitrogens with one attached hydrogen (secondary N) is 1. The number of anilines is 2. The fourth-order valence-electron chi connectivity index (χ4n) is 2.18. The number of nitrogens with zero attached hydrogens (tertiary/aromatic N) is 4. The molecule has 92 valence electrons. The summed E-state index contributed by atoms with van der Waals surface area (Å²) in [6.07, 6.45) is 3.44. The van der Waals surface area contributed by atoms with Crippen LogP contribution in [0.1, 0.15) is 19.8 Å². The van der Waals surface area contributed by atoms with Gasteiger partial charge in [-0.05, 0) is 19.8 Å². The molecular weight excluding hydrogens is 222 g/mol. The van der Waals surface area contributed by atoms with Crippen LogP contribution in [0, 0.1) is 10.1 Å². The molecule has 2 rings (SSSR count). The Balaban J connectivity index is 2.49. The van der Waals surface area contributed by atoms with Crippen LogP contribution in [0.3, 0.4) is 0 Å². The van der Waals surface area contributed by atoms with E-state index in [1.807, 2.05) is 4.90 Å². The highest BCUT2D eigenvalue weighted by atomic mass is 16.6. The number of hydrogen-bond donors (Lipinski definition) is 1. The zero-order valence-corrected chi connectivity index (χ0v) is 9.88. The van der Waals surface area contributed by atoms with E-state index in [0.29, 0.717) is 5.82 Å². The summed E-state index contributed by atoms with van der Waals surface area (Å²) in [6.45, 7) is 2.86. The van der Waals surface area contributed by atoms with E-state index in [4.69, 9.17) is 0 Å². The number of aromatic nitrogens is 2. The second-order valence-corrected chi connectivity index (χ2v) is 4.09. The van der Waals surface area contributed by atoms with Gasteiger partial charge in [0.05, 0.1) is 4.92 Å². The normalized spacial score (nSPS) is 19.4. The quantitative estimate of drug-likeness (QED) is 0.632. The molecule has 1 aliphatic heterocycles. The van der Waals surface area contributed by atoms with Crippen molar-refractivity contribution in [2.24, 2.45) is 0 Å². The third-order valence-corrected chi connectivity index (χ3v) is 3.05. The van der Waals surface area contributed by atoms with Gasteiger partial charge in [0, 0.05) is 19.6 Å². The molecule has 0 radical (unpaired) electrons. The van der Waals surface area contributed by atoms with Crippen LogP contribution in [0.2, 0.25) is 0 Å². The highest BCUT2D eigenvalue weighted by Crippen LogP contribution is 2.35. The summed E-state index contributed by atoms with van der Waals surface area (Å²) in [6, 6.07) is 0.285. The van der Waals surface area contributed by atoms with E-state index in [1.165, 1.54) is 6.33 Å². The van der Waals surface area contributed by atoms with E-state index in [9.17, 15) is 10.1 Å². The van der Waals surface area contributed by atoms with Crippen molar-refractivity contribution in [3.05, 3.63) is 16.4 Å². The number of hydrogen-bond acceptors (Lipinski definition) is 6. The monoisotopic (exact) mass is 237 g/mol. The highest BCUT2D eigenvalue weighted by molar-refractivity contribution is 5.70. The van der Waals surface area contributed by atoms with E-state index in [1.54, 1.807) is 7.05 Å². The maximum atomic E-state index is 11.1. The smallest absolute Gasteiger partial charge is 0.353 e. The fraction of sp³-hybridized carbons (Fsp3) is 0.600. The zero-order valence-electron chi connectivity index (χ0n) is 9.88. The van der Waals surface area contributed by atoms with Gasteiger partial charge in [0.1, 0.15) is 6.33 Å². The Bertz CT molecular complexity index is 437. The van der Waals surface area contributed by atoms with Gasteiger partial charge in [-0.3, -0.25) is 10.1 Å². The molecule has 0 saturated carbocycles. The predicted octanol–water partition coefficient (Wildman–Crippen LogP) is 1.42. The fourth-order valence-corrected chi connectivity index (χ4v) is 2.18. The summed E-state index contributed by atoms with van der Waals surface area (Å²) in [5.41, 5.74) is -0.0382. The summed E-state index contributed by atoms with van der Waals surface area (Å²) >= 11 is 0. The van der Waals surface area contributed by atoms with Crippen LogP contribution in [0.25, 0.3) is 0 Å². The Hall–Kier alpha value is -1.92. The van der Waals surface area contributed by atoms with E-state index in [2.05, 4.69) is 22.2 Å². The molecule has 0 aromatic carbocycles. The minimum Gasteiger partial charge on any atom is -0.367 e. The number of nitro groups is 1. The minimum atomic E-state index is -0.424. The van der Waals surface area contributed by atoms with E-state index in [-0.39, 0.29) is 17.5 Å². The second-order valence-electron chi connectivity index (χ2n) is 4.09. The molecule has 1 atom stereocenters. The summed E-state index contributed by atoms with van der Waals surface area (Å²) in [5.74, 6) is 0.679. The molecule has 0 bridgehead atoms. The molecule has 1 aromatic rings. The van der Waals surface area contributed by atoms with Gasteiger partial charge >= 0.3 is 5.69 Å². The molecule has 17 heavy (non-hydrogen) atoms. The van der Waals surface area contributed by atoms with Gasteiger partial charge < -0.3 is 10.2 Å². The minimum absolute atomic E-state index is 0.0382. The van der Waals surface area contributed by atoms with Crippen LogP contribution in [-0.2, 0) is 0 Å². The molecule has 7 nitrogen and oxygen atoms in total. The van der Waals surface area contributed by atoms with Gasteiger partial charge in [-0.2, -0.15) is 0 Å². The van der Waals surface area contributed by atoms with Crippen LogP contribution in [0.5, 0.6) is 0 Å². The van der Waals surface area contributed by atoms with Crippen LogP contribution >= 0.6 is 0 Å². The maximum absolute atomic E-state index is 11.1. The lowest BCUT2D eigenvalue weighted by Gasteiger charge is -2.22. The predicted molar refractivity (Wildman–Crippen MR) is 64.3 cm³/mol. The van der Waals surface area contributed by atoms with Gasteiger partial charge in [-0.25, -0.2) is 9.97 Å². The Kier molecular flexibility index (Phi) is 3.08. The second kappa shape index (κ2) is 4.52. The molecule has 0 aliphatic carbocycles. The van der Waals surface area contributed by atoms with Gasteiger partial charge in [-0.15, -0.1) is 0 Å². The average molecular weight is 237 g/mol. The largest absolute Gasteiger partial charge is 0.367 e. The summed E-state index contributed by atoms with van der Waals surface area (Å²) in [4.78, 5) is 20.6. The summed E-state index contributed by atoms with van der Waals surface area (Å²) in [5, 5.41) is 13.9. The van der Waals surface area contributed by atoms with Crippen molar-refractivity contribution in [1.29, 1.82) is 0 Å². The van der Waals surface area contributed by atoms with Crippen LogP contribution in [0.4, 0.5) is 17.3 Å². The Morgan fingerprint density at radius 3 is 2.88 bits per heavy atom. The first-order chi connectivity index (χ1) is 8.15. The molecule has 1 aromatic heterocycles. The van der Waals surface area contributed by atoms with Gasteiger partial charge in [-0.1, -0.05) is 0 Å². The molecule has 0 amide bonds. The molecule has 1 unspecified atom stereocenters. The van der Waals surface area contributed by atoms with Crippen LogP contribution in [-0.4, -0.2) is 34.5 Å². The molecular formula is C10H15N5O2. The molecule has 1 aliphatic rings. The van der Waals surface area contributed by atoms with Crippen molar-refractivity contribution in [3.8, 4) is 0 Å². The van der Waals surface area contributed by atoms with Gasteiger partial charge in [0.2, 0.25) is 11.6 Å². The van der Waals surface area contributed by atoms with E-state index >= 15 is 0 Å². The zero-order chi connectivity index (χ0) is 12.4. The SMILES string of the molecule is CNc1ncnc(N2CCCC2C)c1[N+](=O)[O-].